The number of anilines is 1. The largest absolute Gasteiger partial charge is 0.324 e. The van der Waals surface area contributed by atoms with E-state index in [1.54, 1.807) is 27.8 Å². The zero-order valence-electron chi connectivity index (χ0n) is 12.5. The summed E-state index contributed by atoms with van der Waals surface area (Å²) in [4.78, 5) is 22.1. The van der Waals surface area contributed by atoms with Gasteiger partial charge in [-0.05, 0) is 24.6 Å². The molecule has 24 heavy (non-hydrogen) atoms. The molecule has 2 amide bonds. The third kappa shape index (κ3) is 2.67. The normalized spacial score (nSPS) is 13.8. The highest BCUT2D eigenvalue weighted by atomic mass is 35.5. The van der Waals surface area contributed by atoms with Crippen LogP contribution in [-0.4, -0.2) is 38.4 Å². The summed E-state index contributed by atoms with van der Waals surface area (Å²) in [5.41, 5.74) is 1.23. The maximum Gasteiger partial charge on any atom is 0.321 e. The van der Waals surface area contributed by atoms with E-state index in [-0.39, 0.29) is 11.6 Å². The van der Waals surface area contributed by atoms with Crippen LogP contribution in [0, 0.1) is 5.82 Å². The van der Waals surface area contributed by atoms with Gasteiger partial charge in [-0.25, -0.2) is 19.2 Å². The lowest BCUT2D eigenvalue weighted by Gasteiger charge is -2.30. The molecular weight excluding hydrogens is 333 g/mol. The van der Waals surface area contributed by atoms with E-state index in [0.29, 0.717) is 22.2 Å². The summed E-state index contributed by atoms with van der Waals surface area (Å²) in [5.74, 6) is -0.00438. The van der Waals surface area contributed by atoms with Crippen LogP contribution >= 0.6 is 11.6 Å². The number of likely N-dealkylation sites (tertiary alicyclic amines) is 1. The van der Waals surface area contributed by atoms with Gasteiger partial charge in [0.05, 0.1) is 16.9 Å². The molecule has 2 aromatic heterocycles. The molecular formula is C16H13ClFN5O. The van der Waals surface area contributed by atoms with Gasteiger partial charge < -0.3 is 10.2 Å². The smallest absolute Gasteiger partial charge is 0.321 e. The van der Waals surface area contributed by atoms with Crippen molar-refractivity contribution < 1.29 is 9.18 Å². The SMILES string of the molecule is O=C(Nc1ccc(F)c(-c2cn3cc(Cl)cnc3n2)c1)N1CCC1. The Balaban J connectivity index is 1.67. The van der Waals surface area contributed by atoms with Crippen LogP contribution in [0.2, 0.25) is 5.02 Å². The molecule has 1 aliphatic rings. The van der Waals surface area contributed by atoms with Gasteiger partial charge in [0, 0.05) is 36.7 Å². The molecule has 0 aliphatic carbocycles. The molecule has 4 rings (SSSR count). The monoisotopic (exact) mass is 345 g/mol. The number of nitrogens with one attached hydrogen (secondary N) is 1. The van der Waals surface area contributed by atoms with Crippen LogP contribution in [-0.2, 0) is 0 Å². The van der Waals surface area contributed by atoms with Gasteiger partial charge in [-0.3, -0.25) is 4.40 Å². The van der Waals surface area contributed by atoms with Gasteiger partial charge in [-0.2, -0.15) is 0 Å². The Morgan fingerprint density at radius 3 is 2.88 bits per heavy atom. The molecule has 122 valence electrons. The maximum absolute atomic E-state index is 14.2. The summed E-state index contributed by atoms with van der Waals surface area (Å²) in [5, 5.41) is 3.23. The van der Waals surface area contributed by atoms with Crippen LogP contribution in [0.15, 0.2) is 36.8 Å². The first-order chi connectivity index (χ1) is 11.6. The van der Waals surface area contributed by atoms with E-state index in [0.717, 1.165) is 19.5 Å². The van der Waals surface area contributed by atoms with E-state index in [9.17, 15) is 9.18 Å². The molecule has 1 aromatic carbocycles. The van der Waals surface area contributed by atoms with Crippen LogP contribution in [0.4, 0.5) is 14.9 Å². The minimum atomic E-state index is -0.425. The number of carbonyl (C=O) groups excluding carboxylic acids is 1. The Morgan fingerprint density at radius 1 is 1.29 bits per heavy atom. The first-order valence-electron chi connectivity index (χ1n) is 7.46. The number of benzene rings is 1. The predicted octanol–water partition coefficient (Wildman–Crippen LogP) is 3.43. The summed E-state index contributed by atoms with van der Waals surface area (Å²) in [6.45, 7) is 1.50. The van der Waals surface area contributed by atoms with Crippen molar-refractivity contribution in [1.29, 1.82) is 0 Å². The highest BCUT2D eigenvalue weighted by Gasteiger charge is 2.20. The fourth-order valence-electron chi connectivity index (χ4n) is 2.51. The standard InChI is InChI=1S/C16H13ClFN5O/c17-10-7-19-15-21-14(9-23(15)8-10)12-6-11(2-3-13(12)18)20-16(24)22-4-1-5-22/h2-3,6-9H,1,4-5H2,(H,20,24). The Labute approximate surface area is 141 Å². The molecule has 3 aromatic rings. The molecule has 0 spiro atoms. The van der Waals surface area contributed by atoms with Crippen molar-refractivity contribution in [3.05, 3.63) is 47.6 Å². The lowest BCUT2D eigenvalue weighted by atomic mass is 10.1. The number of amides is 2. The molecule has 6 nitrogen and oxygen atoms in total. The Kier molecular flexibility index (Phi) is 3.57. The molecule has 1 saturated heterocycles. The first kappa shape index (κ1) is 14.9. The number of rotatable bonds is 2. The van der Waals surface area contributed by atoms with Gasteiger partial charge in [-0.15, -0.1) is 0 Å². The molecule has 1 N–H and O–H groups in total. The van der Waals surface area contributed by atoms with Crippen LogP contribution in [0.1, 0.15) is 6.42 Å². The van der Waals surface area contributed by atoms with E-state index >= 15 is 0 Å². The van der Waals surface area contributed by atoms with Crippen molar-refractivity contribution in [3.8, 4) is 11.3 Å². The number of halogens is 2. The van der Waals surface area contributed by atoms with E-state index in [1.165, 1.54) is 18.3 Å². The number of urea groups is 1. The van der Waals surface area contributed by atoms with E-state index in [4.69, 9.17) is 11.6 Å². The van der Waals surface area contributed by atoms with E-state index in [2.05, 4.69) is 15.3 Å². The molecule has 1 fully saturated rings. The summed E-state index contributed by atoms with van der Waals surface area (Å²) in [6, 6.07) is 4.23. The van der Waals surface area contributed by atoms with Gasteiger partial charge in [0.2, 0.25) is 5.78 Å². The average molecular weight is 346 g/mol. The van der Waals surface area contributed by atoms with Crippen LogP contribution < -0.4 is 5.32 Å². The highest BCUT2D eigenvalue weighted by molar-refractivity contribution is 6.30. The summed E-state index contributed by atoms with van der Waals surface area (Å²) in [6.07, 6.45) is 5.79. The number of aromatic nitrogens is 3. The maximum atomic E-state index is 14.2. The Hall–Kier alpha value is -2.67. The van der Waals surface area contributed by atoms with Gasteiger partial charge in [-0.1, -0.05) is 11.6 Å². The number of fused-ring (bicyclic) bond motifs is 1. The lowest BCUT2D eigenvalue weighted by molar-refractivity contribution is 0.181. The van der Waals surface area contributed by atoms with Crippen molar-refractivity contribution in [2.24, 2.45) is 0 Å². The molecule has 3 heterocycles. The lowest BCUT2D eigenvalue weighted by Crippen LogP contribution is -2.44. The minimum Gasteiger partial charge on any atom is -0.324 e. The second-order valence-electron chi connectivity index (χ2n) is 5.57. The molecule has 0 unspecified atom stereocenters. The summed E-state index contributed by atoms with van der Waals surface area (Å²) in [7, 11) is 0. The topological polar surface area (TPSA) is 62.5 Å². The molecule has 0 radical (unpaired) electrons. The summed E-state index contributed by atoms with van der Waals surface area (Å²) >= 11 is 5.90. The van der Waals surface area contributed by atoms with Crippen molar-refractivity contribution in [2.45, 2.75) is 6.42 Å². The van der Waals surface area contributed by atoms with Crippen molar-refractivity contribution in [1.82, 2.24) is 19.3 Å². The number of hydrogen-bond donors (Lipinski definition) is 1. The molecule has 1 aliphatic heterocycles. The van der Waals surface area contributed by atoms with Crippen molar-refractivity contribution >= 4 is 29.1 Å². The highest BCUT2D eigenvalue weighted by Crippen LogP contribution is 2.26. The number of hydrogen-bond acceptors (Lipinski definition) is 3. The van der Waals surface area contributed by atoms with Gasteiger partial charge in [0.25, 0.3) is 0 Å². The Morgan fingerprint density at radius 2 is 2.12 bits per heavy atom. The minimum absolute atomic E-state index is 0.178. The van der Waals surface area contributed by atoms with Crippen LogP contribution in [0.25, 0.3) is 17.0 Å². The second-order valence-corrected chi connectivity index (χ2v) is 6.01. The molecule has 0 bridgehead atoms. The van der Waals surface area contributed by atoms with Gasteiger partial charge in [0.15, 0.2) is 0 Å². The Bertz CT molecular complexity index is 937. The zero-order valence-corrected chi connectivity index (χ0v) is 13.3. The van der Waals surface area contributed by atoms with Crippen LogP contribution in [0.5, 0.6) is 0 Å². The molecule has 0 saturated carbocycles. The molecule has 8 heteroatoms. The zero-order chi connectivity index (χ0) is 16.7. The van der Waals surface area contributed by atoms with Crippen molar-refractivity contribution in [3.63, 3.8) is 0 Å². The van der Waals surface area contributed by atoms with Crippen LogP contribution in [0.3, 0.4) is 0 Å². The van der Waals surface area contributed by atoms with Gasteiger partial charge >= 0.3 is 6.03 Å². The number of carbonyl (C=O) groups is 1. The third-order valence-corrected chi connectivity index (χ3v) is 4.11. The fourth-order valence-corrected chi connectivity index (χ4v) is 2.66. The molecule has 0 atom stereocenters. The third-order valence-electron chi connectivity index (χ3n) is 3.92. The second kappa shape index (κ2) is 5.76. The number of imidazole rings is 1. The average Bonchev–Trinajstić information content (AvgIpc) is 2.90. The fraction of sp³-hybridized carbons (Fsp3) is 0.188. The van der Waals surface area contributed by atoms with E-state index in [1.807, 2.05) is 0 Å². The van der Waals surface area contributed by atoms with Crippen molar-refractivity contribution in [2.75, 3.05) is 18.4 Å². The first-order valence-corrected chi connectivity index (χ1v) is 7.84. The summed E-state index contributed by atoms with van der Waals surface area (Å²) < 4.78 is 15.8. The van der Waals surface area contributed by atoms with E-state index < -0.39 is 5.82 Å². The predicted molar refractivity (Wildman–Crippen MR) is 88.6 cm³/mol. The van der Waals surface area contributed by atoms with Gasteiger partial charge in [0.1, 0.15) is 5.82 Å². The quantitative estimate of drug-likeness (QED) is 0.774. The number of nitrogens with zero attached hydrogens (tertiary/aromatic N) is 4.